The molecule has 0 spiro atoms. The molecular formula is C12H10BrNO2. The van der Waals surface area contributed by atoms with Crippen LogP contribution >= 0.6 is 15.9 Å². The van der Waals surface area contributed by atoms with Gasteiger partial charge in [0.15, 0.2) is 0 Å². The van der Waals surface area contributed by atoms with E-state index >= 15 is 0 Å². The van der Waals surface area contributed by atoms with Gasteiger partial charge in [-0.1, -0.05) is 17.7 Å². The minimum Gasteiger partial charge on any atom is -0.269 e. The van der Waals surface area contributed by atoms with Crippen LogP contribution in [0, 0.1) is 13.8 Å². The van der Waals surface area contributed by atoms with Crippen molar-refractivity contribution in [3.63, 3.8) is 0 Å². The average molecular weight is 280 g/mol. The van der Waals surface area contributed by atoms with Gasteiger partial charge in [-0.25, -0.2) is 4.90 Å². The normalized spacial score (nSPS) is 15.7. The van der Waals surface area contributed by atoms with Gasteiger partial charge in [0.05, 0.1) is 10.2 Å². The van der Waals surface area contributed by atoms with Gasteiger partial charge in [0.25, 0.3) is 11.8 Å². The molecule has 1 heterocycles. The van der Waals surface area contributed by atoms with Crippen molar-refractivity contribution in [2.45, 2.75) is 13.8 Å². The molecule has 0 N–H and O–H groups in total. The van der Waals surface area contributed by atoms with Gasteiger partial charge < -0.3 is 0 Å². The lowest BCUT2D eigenvalue weighted by Gasteiger charge is -2.17. The summed E-state index contributed by atoms with van der Waals surface area (Å²) in [6, 6.07) is 5.62. The smallest absolute Gasteiger partial charge is 0.269 e. The Bertz CT molecular complexity index is 520. The molecule has 4 heteroatoms. The highest BCUT2D eigenvalue weighted by atomic mass is 79.9. The molecule has 16 heavy (non-hydrogen) atoms. The molecule has 0 fully saturated rings. The van der Waals surface area contributed by atoms with Crippen LogP contribution in [0.2, 0.25) is 0 Å². The summed E-state index contributed by atoms with van der Waals surface area (Å²) >= 11 is 3.07. The first-order chi connectivity index (χ1) is 7.50. The first kappa shape index (κ1) is 11.1. The second-order valence-corrected chi connectivity index (χ2v) is 4.62. The van der Waals surface area contributed by atoms with E-state index in [2.05, 4.69) is 15.9 Å². The van der Waals surface area contributed by atoms with E-state index in [-0.39, 0.29) is 11.8 Å². The van der Waals surface area contributed by atoms with Crippen LogP contribution in [0.1, 0.15) is 11.1 Å². The lowest BCUT2D eigenvalue weighted by molar-refractivity contribution is -0.120. The minimum atomic E-state index is -0.308. The first-order valence-corrected chi connectivity index (χ1v) is 5.63. The Morgan fingerprint density at radius 3 is 2.38 bits per heavy atom. The molecule has 1 aliphatic heterocycles. The van der Waals surface area contributed by atoms with E-state index in [9.17, 15) is 9.59 Å². The number of hydrogen-bond acceptors (Lipinski definition) is 2. The number of anilines is 1. The van der Waals surface area contributed by atoms with Crippen LogP contribution < -0.4 is 4.90 Å². The second-order valence-electron chi connectivity index (χ2n) is 3.76. The SMILES string of the molecule is Cc1ccc(N2C(=O)C=C(Br)C2=O)c(C)c1. The van der Waals surface area contributed by atoms with Crippen LogP contribution in [0.15, 0.2) is 28.8 Å². The Kier molecular flexibility index (Phi) is 2.68. The summed E-state index contributed by atoms with van der Waals surface area (Å²) in [5.74, 6) is -0.610. The van der Waals surface area contributed by atoms with E-state index in [4.69, 9.17) is 0 Å². The summed E-state index contributed by atoms with van der Waals surface area (Å²) in [4.78, 5) is 24.6. The predicted molar refractivity (Wildman–Crippen MR) is 65.4 cm³/mol. The lowest BCUT2D eigenvalue weighted by atomic mass is 10.1. The summed E-state index contributed by atoms with van der Waals surface area (Å²) < 4.78 is 0.303. The number of amides is 2. The Morgan fingerprint density at radius 2 is 1.88 bits per heavy atom. The number of carbonyl (C=O) groups is 2. The van der Waals surface area contributed by atoms with E-state index < -0.39 is 0 Å². The molecule has 0 aromatic heterocycles. The van der Waals surface area contributed by atoms with Crippen LogP contribution in [-0.2, 0) is 9.59 Å². The zero-order valence-corrected chi connectivity index (χ0v) is 10.5. The molecule has 1 aliphatic rings. The van der Waals surface area contributed by atoms with E-state index in [1.807, 2.05) is 26.0 Å². The molecule has 0 radical (unpaired) electrons. The number of benzene rings is 1. The maximum atomic E-state index is 11.7. The third-order valence-corrected chi connectivity index (χ3v) is 3.04. The summed E-state index contributed by atoms with van der Waals surface area (Å²) in [7, 11) is 0. The van der Waals surface area contributed by atoms with Crippen molar-refractivity contribution in [3.05, 3.63) is 39.9 Å². The number of rotatable bonds is 1. The van der Waals surface area contributed by atoms with E-state index in [0.29, 0.717) is 10.2 Å². The van der Waals surface area contributed by atoms with Gasteiger partial charge in [-0.2, -0.15) is 0 Å². The van der Waals surface area contributed by atoms with Crippen LogP contribution in [0.25, 0.3) is 0 Å². The van der Waals surface area contributed by atoms with E-state index in [1.165, 1.54) is 11.0 Å². The Morgan fingerprint density at radius 1 is 1.19 bits per heavy atom. The highest BCUT2D eigenvalue weighted by Gasteiger charge is 2.31. The van der Waals surface area contributed by atoms with Gasteiger partial charge in [-0.15, -0.1) is 0 Å². The van der Waals surface area contributed by atoms with Crippen molar-refractivity contribution in [3.8, 4) is 0 Å². The molecule has 0 saturated heterocycles. The van der Waals surface area contributed by atoms with Crippen molar-refractivity contribution >= 4 is 33.4 Å². The van der Waals surface area contributed by atoms with E-state index in [0.717, 1.165) is 11.1 Å². The Hall–Kier alpha value is -1.42. The number of imide groups is 1. The molecule has 0 aliphatic carbocycles. The summed E-state index contributed by atoms with van der Waals surface area (Å²) in [5, 5.41) is 0. The van der Waals surface area contributed by atoms with Crippen LogP contribution in [0.5, 0.6) is 0 Å². The number of halogens is 1. The van der Waals surface area contributed by atoms with Crippen molar-refractivity contribution < 1.29 is 9.59 Å². The summed E-state index contributed by atoms with van der Waals surface area (Å²) in [6.07, 6.45) is 1.29. The maximum absolute atomic E-state index is 11.7. The quantitative estimate of drug-likeness (QED) is 0.741. The summed E-state index contributed by atoms with van der Waals surface area (Å²) in [6.45, 7) is 3.85. The minimum absolute atomic E-state index is 0.302. The molecule has 1 aromatic carbocycles. The van der Waals surface area contributed by atoms with Crippen LogP contribution in [0.3, 0.4) is 0 Å². The van der Waals surface area contributed by atoms with Gasteiger partial charge >= 0.3 is 0 Å². The number of hydrogen-bond donors (Lipinski definition) is 0. The zero-order valence-electron chi connectivity index (χ0n) is 8.95. The van der Waals surface area contributed by atoms with Crippen molar-refractivity contribution in [1.29, 1.82) is 0 Å². The molecule has 0 saturated carbocycles. The molecule has 2 amide bonds. The molecule has 2 rings (SSSR count). The first-order valence-electron chi connectivity index (χ1n) is 4.83. The molecular weight excluding hydrogens is 270 g/mol. The molecule has 0 atom stereocenters. The largest absolute Gasteiger partial charge is 0.272 e. The van der Waals surface area contributed by atoms with Crippen molar-refractivity contribution in [2.75, 3.05) is 4.90 Å². The highest BCUT2D eigenvalue weighted by molar-refractivity contribution is 9.12. The topological polar surface area (TPSA) is 37.4 Å². The predicted octanol–water partition coefficient (Wildman–Crippen LogP) is 2.46. The van der Waals surface area contributed by atoms with Crippen molar-refractivity contribution in [2.24, 2.45) is 0 Å². The Balaban J connectivity index is 2.47. The fraction of sp³-hybridized carbons (Fsp3) is 0.167. The van der Waals surface area contributed by atoms with Gasteiger partial charge in [0, 0.05) is 6.08 Å². The molecule has 3 nitrogen and oxygen atoms in total. The fourth-order valence-corrected chi connectivity index (χ4v) is 2.10. The second kappa shape index (κ2) is 3.87. The van der Waals surface area contributed by atoms with Gasteiger partial charge in [-0.05, 0) is 41.4 Å². The van der Waals surface area contributed by atoms with Gasteiger partial charge in [-0.3, -0.25) is 9.59 Å². The molecule has 82 valence electrons. The van der Waals surface area contributed by atoms with E-state index in [1.54, 1.807) is 6.07 Å². The van der Waals surface area contributed by atoms with Crippen molar-refractivity contribution in [1.82, 2.24) is 0 Å². The summed E-state index contributed by atoms with van der Waals surface area (Å²) in [5.41, 5.74) is 2.66. The van der Waals surface area contributed by atoms with Crippen LogP contribution in [0.4, 0.5) is 5.69 Å². The third-order valence-electron chi connectivity index (χ3n) is 2.47. The van der Waals surface area contributed by atoms with Gasteiger partial charge in [0.2, 0.25) is 0 Å². The molecule has 0 unspecified atom stereocenters. The maximum Gasteiger partial charge on any atom is 0.272 e. The fourth-order valence-electron chi connectivity index (χ4n) is 1.73. The van der Waals surface area contributed by atoms with Gasteiger partial charge in [0.1, 0.15) is 0 Å². The molecule has 0 bridgehead atoms. The monoisotopic (exact) mass is 279 g/mol. The van der Waals surface area contributed by atoms with Crippen LogP contribution in [-0.4, -0.2) is 11.8 Å². The third kappa shape index (κ3) is 1.69. The Labute approximate surface area is 102 Å². The highest BCUT2D eigenvalue weighted by Crippen LogP contribution is 2.28. The standard InChI is InChI=1S/C12H10BrNO2/c1-7-3-4-10(8(2)5-7)14-11(15)6-9(13)12(14)16/h3-6H,1-2H3. The lowest BCUT2D eigenvalue weighted by Crippen LogP contribution is -2.30. The zero-order chi connectivity index (χ0) is 11.9. The number of nitrogens with zero attached hydrogens (tertiary/aromatic N) is 1. The number of carbonyl (C=O) groups excluding carboxylic acids is 2. The molecule has 1 aromatic rings. The number of aryl methyl sites for hydroxylation is 2. The average Bonchev–Trinajstić information content (AvgIpc) is 2.43.